The van der Waals surface area contributed by atoms with Gasteiger partial charge in [-0.05, 0) is 37.1 Å². The minimum atomic E-state index is -0.373. The van der Waals surface area contributed by atoms with Gasteiger partial charge in [0.25, 0.3) is 5.91 Å². The zero-order valence-electron chi connectivity index (χ0n) is 14.3. The topological polar surface area (TPSA) is 96.2 Å². The lowest BCUT2D eigenvalue weighted by molar-refractivity contribution is -0.112. The molecule has 0 spiro atoms. The minimum absolute atomic E-state index is 0.278. The number of benzene rings is 2. The summed E-state index contributed by atoms with van der Waals surface area (Å²) in [7, 11) is 0. The summed E-state index contributed by atoms with van der Waals surface area (Å²) in [5.74, 6) is -0.651. The highest BCUT2D eigenvalue weighted by atomic mass is 16.2. The van der Waals surface area contributed by atoms with Crippen LogP contribution in [0.3, 0.4) is 0 Å². The van der Waals surface area contributed by atoms with Crippen LogP contribution in [-0.4, -0.2) is 11.8 Å². The third-order valence-electron chi connectivity index (χ3n) is 3.58. The number of aryl methyl sites for hydroxylation is 1. The largest absolute Gasteiger partial charge is 0.398 e. The summed E-state index contributed by atoms with van der Waals surface area (Å²) in [6.07, 6.45) is 2.20. The zero-order valence-corrected chi connectivity index (χ0v) is 14.3. The van der Waals surface area contributed by atoms with Crippen LogP contribution in [-0.2, 0) is 11.2 Å². The molecule has 0 saturated heterocycles. The Morgan fingerprint density at radius 1 is 1.04 bits per heavy atom. The molecule has 0 saturated carbocycles. The average molecular weight is 338 g/mol. The lowest BCUT2D eigenvalue weighted by atomic mass is 10.1. The Bertz CT molecular complexity index is 800. The van der Waals surface area contributed by atoms with Crippen molar-refractivity contribution in [3.8, 4) is 0 Å². The third-order valence-corrected chi connectivity index (χ3v) is 3.58. The van der Waals surface area contributed by atoms with E-state index in [2.05, 4.69) is 16.2 Å². The van der Waals surface area contributed by atoms with Crippen LogP contribution in [0.15, 0.2) is 60.3 Å². The molecular formula is C19H22N4O2. The van der Waals surface area contributed by atoms with Crippen LogP contribution in [0.2, 0.25) is 0 Å². The molecule has 25 heavy (non-hydrogen) atoms. The molecule has 0 fully saturated rings. The summed E-state index contributed by atoms with van der Waals surface area (Å²) in [6.45, 7) is 3.71. The normalized spacial score (nSPS) is 10.9. The predicted octanol–water partition coefficient (Wildman–Crippen LogP) is 2.61. The Morgan fingerprint density at radius 2 is 1.72 bits per heavy atom. The summed E-state index contributed by atoms with van der Waals surface area (Å²) in [4.78, 5) is 24.1. The van der Waals surface area contributed by atoms with Gasteiger partial charge in [-0.25, -0.2) is 0 Å². The molecule has 5 N–H and O–H groups in total. The molecule has 0 unspecified atom stereocenters. The van der Waals surface area contributed by atoms with Gasteiger partial charge >= 0.3 is 0 Å². The highest BCUT2D eigenvalue weighted by Crippen LogP contribution is 2.15. The molecule has 0 radical (unpaired) electrons. The van der Waals surface area contributed by atoms with E-state index in [9.17, 15) is 9.59 Å². The molecule has 6 nitrogen and oxygen atoms in total. The Balaban J connectivity index is 1.93. The van der Waals surface area contributed by atoms with Crippen molar-refractivity contribution in [1.82, 2.24) is 10.9 Å². The molecule has 0 bridgehead atoms. The molecule has 2 amide bonds. The summed E-state index contributed by atoms with van der Waals surface area (Å²) < 4.78 is 0. The number of hydrogen-bond acceptors (Lipinski definition) is 4. The van der Waals surface area contributed by atoms with Gasteiger partial charge in [0.2, 0.25) is 5.91 Å². The van der Waals surface area contributed by atoms with E-state index in [-0.39, 0.29) is 11.8 Å². The van der Waals surface area contributed by atoms with Gasteiger partial charge in [0.15, 0.2) is 0 Å². The smallest absolute Gasteiger partial charge is 0.271 e. The lowest BCUT2D eigenvalue weighted by Gasteiger charge is -2.11. The van der Waals surface area contributed by atoms with Gasteiger partial charge in [-0.3, -0.25) is 15.0 Å². The van der Waals surface area contributed by atoms with E-state index >= 15 is 0 Å². The SMILES string of the molecule is CCc1ccccc1NC(=O)C=C(C)NNC(=O)c1ccccc1N. The summed E-state index contributed by atoms with van der Waals surface area (Å²) in [6, 6.07) is 14.4. The highest BCUT2D eigenvalue weighted by Gasteiger charge is 2.08. The number of hydrazine groups is 1. The van der Waals surface area contributed by atoms with Crippen molar-refractivity contribution in [1.29, 1.82) is 0 Å². The van der Waals surface area contributed by atoms with Crippen LogP contribution in [0.4, 0.5) is 11.4 Å². The van der Waals surface area contributed by atoms with E-state index < -0.39 is 0 Å². The molecule has 6 heteroatoms. The van der Waals surface area contributed by atoms with Gasteiger partial charge in [0.1, 0.15) is 0 Å². The number of carbonyl (C=O) groups is 2. The number of amides is 2. The summed E-state index contributed by atoms with van der Waals surface area (Å²) in [5.41, 5.74) is 14.0. The van der Waals surface area contributed by atoms with Crippen molar-refractivity contribution < 1.29 is 9.59 Å². The number of anilines is 2. The molecule has 130 valence electrons. The van der Waals surface area contributed by atoms with Crippen molar-refractivity contribution in [2.75, 3.05) is 11.1 Å². The number of carbonyl (C=O) groups excluding carboxylic acids is 2. The maximum atomic E-state index is 12.1. The predicted molar refractivity (Wildman–Crippen MR) is 99.7 cm³/mol. The summed E-state index contributed by atoms with van der Waals surface area (Å²) in [5, 5.41) is 2.83. The molecule has 2 rings (SSSR count). The van der Waals surface area contributed by atoms with E-state index in [4.69, 9.17) is 5.73 Å². The summed E-state index contributed by atoms with van der Waals surface area (Å²) >= 11 is 0. The second-order valence-electron chi connectivity index (χ2n) is 5.49. The maximum Gasteiger partial charge on any atom is 0.271 e. The van der Waals surface area contributed by atoms with Crippen LogP contribution in [0.1, 0.15) is 29.8 Å². The van der Waals surface area contributed by atoms with Gasteiger partial charge in [-0.1, -0.05) is 37.3 Å². The van der Waals surface area contributed by atoms with Gasteiger partial charge in [-0.15, -0.1) is 0 Å². The van der Waals surface area contributed by atoms with E-state index in [0.29, 0.717) is 16.9 Å². The fourth-order valence-corrected chi connectivity index (χ4v) is 2.28. The highest BCUT2D eigenvalue weighted by molar-refractivity contribution is 6.00. The molecule has 0 heterocycles. The maximum absolute atomic E-state index is 12.1. The van der Waals surface area contributed by atoms with Crippen molar-refractivity contribution in [3.05, 3.63) is 71.4 Å². The number of nitrogens with one attached hydrogen (secondary N) is 3. The Morgan fingerprint density at radius 3 is 2.44 bits per heavy atom. The van der Waals surface area contributed by atoms with Gasteiger partial charge in [0.05, 0.1) is 5.56 Å². The van der Waals surface area contributed by atoms with Crippen LogP contribution in [0.25, 0.3) is 0 Å². The van der Waals surface area contributed by atoms with E-state index in [1.807, 2.05) is 31.2 Å². The number of nitrogen functional groups attached to an aromatic ring is 1. The monoisotopic (exact) mass is 338 g/mol. The van der Waals surface area contributed by atoms with Gasteiger partial charge < -0.3 is 16.5 Å². The minimum Gasteiger partial charge on any atom is -0.398 e. The van der Waals surface area contributed by atoms with E-state index in [1.165, 1.54) is 6.08 Å². The Kier molecular flexibility index (Phi) is 6.17. The van der Waals surface area contributed by atoms with Crippen molar-refractivity contribution in [2.24, 2.45) is 0 Å². The van der Waals surface area contributed by atoms with Crippen LogP contribution < -0.4 is 21.9 Å². The molecule has 0 aliphatic rings. The number of nitrogens with two attached hydrogens (primary N) is 1. The van der Waals surface area contributed by atoms with Crippen LogP contribution in [0.5, 0.6) is 0 Å². The first-order valence-electron chi connectivity index (χ1n) is 7.99. The zero-order chi connectivity index (χ0) is 18.2. The molecule has 0 atom stereocenters. The fourth-order valence-electron chi connectivity index (χ4n) is 2.28. The second-order valence-corrected chi connectivity index (χ2v) is 5.49. The standard InChI is InChI=1S/C19H22N4O2/c1-3-14-8-4-7-11-17(14)21-18(24)12-13(2)22-23-19(25)15-9-5-6-10-16(15)20/h4-12,22H,3,20H2,1-2H3,(H,21,24)(H,23,25). The van der Waals surface area contributed by atoms with Gasteiger partial charge in [0, 0.05) is 23.1 Å². The van der Waals surface area contributed by atoms with Crippen molar-refractivity contribution >= 4 is 23.2 Å². The first-order chi connectivity index (χ1) is 12.0. The fraction of sp³-hybridized carbons (Fsp3) is 0.158. The van der Waals surface area contributed by atoms with Crippen molar-refractivity contribution in [2.45, 2.75) is 20.3 Å². The first kappa shape index (κ1) is 18.1. The third kappa shape index (κ3) is 5.10. The number of allylic oxidation sites excluding steroid dienone is 1. The van der Waals surface area contributed by atoms with Crippen molar-refractivity contribution in [3.63, 3.8) is 0 Å². The first-order valence-corrected chi connectivity index (χ1v) is 7.99. The van der Waals surface area contributed by atoms with E-state index in [1.54, 1.807) is 31.2 Å². The molecule has 0 aromatic heterocycles. The average Bonchev–Trinajstić information content (AvgIpc) is 2.60. The van der Waals surface area contributed by atoms with E-state index in [0.717, 1.165) is 17.7 Å². The quantitative estimate of drug-likeness (QED) is 0.370. The molecule has 2 aromatic rings. The molecule has 0 aliphatic heterocycles. The number of para-hydroxylation sites is 2. The number of rotatable bonds is 6. The number of hydrogen-bond donors (Lipinski definition) is 4. The molecule has 0 aliphatic carbocycles. The van der Waals surface area contributed by atoms with Crippen LogP contribution >= 0.6 is 0 Å². The molecule has 2 aromatic carbocycles. The molecular weight excluding hydrogens is 316 g/mol. The Hall–Kier alpha value is -3.28. The second kappa shape index (κ2) is 8.54. The van der Waals surface area contributed by atoms with Gasteiger partial charge in [-0.2, -0.15) is 0 Å². The van der Waals surface area contributed by atoms with Crippen LogP contribution in [0, 0.1) is 0 Å². The Labute approximate surface area is 147 Å². The lowest BCUT2D eigenvalue weighted by Crippen LogP contribution is -2.36.